The largest absolute Gasteiger partial charge is 0.343 e. The number of carbonyl (C=O) groups excluding carboxylic acids is 2. The molecule has 1 aliphatic rings. The highest BCUT2D eigenvalue weighted by atomic mass is 16.2. The molecule has 20 heavy (non-hydrogen) atoms. The predicted octanol–water partition coefficient (Wildman–Crippen LogP) is 1.48. The molecule has 0 bridgehead atoms. The van der Waals surface area contributed by atoms with Crippen molar-refractivity contribution in [1.29, 1.82) is 0 Å². The Morgan fingerprint density at radius 1 is 1.20 bits per heavy atom. The normalized spacial score (nSPS) is 17.8. The van der Waals surface area contributed by atoms with Crippen LogP contribution in [0.1, 0.15) is 31.7 Å². The number of carbonyl (C=O) groups is 2. The van der Waals surface area contributed by atoms with Crippen molar-refractivity contribution < 1.29 is 9.59 Å². The minimum atomic E-state index is -0.430. The van der Waals surface area contributed by atoms with Gasteiger partial charge in [-0.2, -0.15) is 0 Å². The van der Waals surface area contributed by atoms with Gasteiger partial charge >= 0.3 is 0 Å². The van der Waals surface area contributed by atoms with Crippen molar-refractivity contribution in [3.05, 3.63) is 35.9 Å². The van der Waals surface area contributed by atoms with Gasteiger partial charge in [-0.1, -0.05) is 30.3 Å². The van der Waals surface area contributed by atoms with Gasteiger partial charge in [-0.05, 0) is 25.3 Å². The summed E-state index contributed by atoms with van der Waals surface area (Å²) in [4.78, 5) is 25.9. The minimum absolute atomic E-state index is 0.0951. The zero-order chi connectivity index (χ0) is 14.6. The summed E-state index contributed by atoms with van der Waals surface area (Å²) < 4.78 is 0. The van der Waals surface area contributed by atoms with E-state index in [0.717, 1.165) is 5.56 Å². The van der Waals surface area contributed by atoms with E-state index in [0.29, 0.717) is 38.9 Å². The van der Waals surface area contributed by atoms with Crippen LogP contribution in [0.5, 0.6) is 0 Å². The van der Waals surface area contributed by atoms with Gasteiger partial charge in [0, 0.05) is 26.1 Å². The summed E-state index contributed by atoms with van der Waals surface area (Å²) in [5.41, 5.74) is 6.07. The Morgan fingerprint density at radius 3 is 2.30 bits per heavy atom. The van der Waals surface area contributed by atoms with Crippen LogP contribution in [0.25, 0.3) is 0 Å². The van der Waals surface area contributed by atoms with Gasteiger partial charge < -0.3 is 10.6 Å². The molecule has 0 aromatic heterocycles. The average Bonchev–Trinajstić information content (AvgIpc) is 2.48. The fraction of sp³-hybridized carbons (Fsp3) is 0.500. The van der Waals surface area contributed by atoms with E-state index in [4.69, 9.17) is 5.73 Å². The molecule has 1 amide bonds. The van der Waals surface area contributed by atoms with Gasteiger partial charge in [0.05, 0.1) is 5.41 Å². The van der Waals surface area contributed by atoms with E-state index in [9.17, 15) is 9.59 Å². The van der Waals surface area contributed by atoms with E-state index < -0.39 is 5.41 Å². The second-order valence-corrected chi connectivity index (χ2v) is 5.42. The van der Waals surface area contributed by atoms with Crippen LogP contribution in [0.2, 0.25) is 0 Å². The minimum Gasteiger partial charge on any atom is -0.343 e. The van der Waals surface area contributed by atoms with Crippen molar-refractivity contribution in [3.8, 4) is 0 Å². The molecule has 0 spiro atoms. The third-order valence-corrected chi connectivity index (χ3v) is 4.33. The molecule has 1 aromatic carbocycles. The third-order valence-electron chi connectivity index (χ3n) is 4.33. The fourth-order valence-corrected chi connectivity index (χ4v) is 3.02. The average molecular weight is 274 g/mol. The zero-order valence-corrected chi connectivity index (χ0v) is 12.0. The Bertz CT molecular complexity index is 477. The van der Waals surface area contributed by atoms with Gasteiger partial charge in [0.1, 0.15) is 5.78 Å². The Morgan fingerprint density at radius 2 is 1.80 bits per heavy atom. The van der Waals surface area contributed by atoms with E-state index in [1.807, 2.05) is 35.2 Å². The number of amides is 1. The smallest absolute Gasteiger partial charge is 0.223 e. The SMILES string of the molecule is CC(=O)C1(c2ccccc2)CCN(C(=O)CCN)CC1. The Labute approximate surface area is 119 Å². The van der Waals surface area contributed by atoms with Crippen molar-refractivity contribution in [2.24, 2.45) is 5.73 Å². The number of likely N-dealkylation sites (tertiary alicyclic amines) is 1. The highest BCUT2D eigenvalue weighted by molar-refractivity contribution is 5.88. The van der Waals surface area contributed by atoms with Crippen molar-refractivity contribution in [3.63, 3.8) is 0 Å². The Hall–Kier alpha value is -1.68. The molecule has 4 heteroatoms. The monoisotopic (exact) mass is 274 g/mol. The maximum atomic E-state index is 12.2. The second-order valence-electron chi connectivity index (χ2n) is 5.42. The van der Waals surface area contributed by atoms with E-state index >= 15 is 0 Å². The number of piperidine rings is 1. The van der Waals surface area contributed by atoms with Crippen molar-refractivity contribution >= 4 is 11.7 Å². The maximum Gasteiger partial charge on any atom is 0.223 e. The second kappa shape index (κ2) is 6.18. The first-order valence-electron chi connectivity index (χ1n) is 7.14. The van der Waals surface area contributed by atoms with E-state index in [-0.39, 0.29) is 11.7 Å². The molecule has 0 aliphatic carbocycles. The lowest BCUT2D eigenvalue weighted by Crippen LogP contribution is -2.48. The quantitative estimate of drug-likeness (QED) is 0.904. The summed E-state index contributed by atoms with van der Waals surface area (Å²) in [6, 6.07) is 9.91. The first-order chi connectivity index (χ1) is 9.60. The van der Waals surface area contributed by atoms with Crippen LogP contribution >= 0.6 is 0 Å². The molecule has 0 atom stereocenters. The van der Waals surface area contributed by atoms with Crippen LogP contribution in [0.3, 0.4) is 0 Å². The van der Waals surface area contributed by atoms with Gasteiger partial charge in [-0.15, -0.1) is 0 Å². The topological polar surface area (TPSA) is 63.4 Å². The van der Waals surface area contributed by atoms with Crippen LogP contribution < -0.4 is 5.73 Å². The number of nitrogens with zero attached hydrogens (tertiary/aromatic N) is 1. The summed E-state index contributed by atoms with van der Waals surface area (Å²) in [6.07, 6.45) is 1.78. The van der Waals surface area contributed by atoms with E-state index in [2.05, 4.69) is 0 Å². The van der Waals surface area contributed by atoms with Crippen LogP contribution in [-0.2, 0) is 15.0 Å². The van der Waals surface area contributed by atoms with Gasteiger partial charge in [-0.25, -0.2) is 0 Å². The Balaban J connectivity index is 2.15. The molecule has 0 saturated carbocycles. The van der Waals surface area contributed by atoms with Crippen LogP contribution in [-0.4, -0.2) is 36.2 Å². The van der Waals surface area contributed by atoms with Gasteiger partial charge in [0.25, 0.3) is 0 Å². The molecule has 1 aliphatic heterocycles. The number of hydrogen-bond donors (Lipinski definition) is 1. The van der Waals surface area contributed by atoms with Gasteiger partial charge in [0.2, 0.25) is 5.91 Å². The molecule has 2 N–H and O–H groups in total. The van der Waals surface area contributed by atoms with Gasteiger partial charge in [-0.3, -0.25) is 9.59 Å². The Kier molecular flexibility index (Phi) is 4.55. The molecule has 1 fully saturated rings. The van der Waals surface area contributed by atoms with Crippen LogP contribution in [0, 0.1) is 0 Å². The fourth-order valence-electron chi connectivity index (χ4n) is 3.02. The lowest BCUT2D eigenvalue weighted by Gasteiger charge is -2.40. The number of Topliss-reactive ketones (excluding diaryl/α,β-unsaturated/α-hetero) is 1. The van der Waals surface area contributed by atoms with E-state index in [1.54, 1.807) is 6.92 Å². The zero-order valence-electron chi connectivity index (χ0n) is 12.0. The molecule has 2 rings (SSSR count). The molecule has 4 nitrogen and oxygen atoms in total. The summed E-state index contributed by atoms with van der Waals surface area (Å²) >= 11 is 0. The van der Waals surface area contributed by atoms with Crippen molar-refractivity contribution in [1.82, 2.24) is 4.90 Å². The molecule has 0 unspecified atom stereocenters. The summed E-state index contributed by atoms with van der Waals surface area (Å²) in [6.45, 7) is 3.30. The molecule has 108 valence electrons. The summed E-state index contributed by atoms with van der Waals surface area (Å²) in [7, 11) is 0. The van der Waals surface area contributed by atoms with Crippen molar-refractivity contribution in [2.75, 3.05) is 19.6 Å². The predicted molar refractivity (Wildman–Crippen MR) is 78.3 cm³/mol. The lowest BCUT2D eigenvalue weighted by molar-refractivity contribution is -0.135. The molecular formula is C16H22N2O2. The number of rotatable bonds is 4. The number of nitrogens with two attached hydrogens (primary N) is 1. The van der Waals surface area contributed by atoms with Crippen molar-refractivity contribution in [2.45, 2.75) is 31.6 Å². The number of ketones is 1. The standard InChI is InChI=1S/C16H22N2O2/c1-13(19)16(14-5-3-2-4-6-14)8-11-18(12-9-16)15(20)7-10-17/h2-6H,7-12,17H2,1H3. The first kappa shape index (κ1) is 14.7. The first-order valence-corrected chi connectivity index (χ1v) is 7.14. The van der Waals surface area contributed by atoms with E-state index in [1.165, 1.54) is 0 Å². The lowest BCUT2D eigenvalue weighted by atomic mass is 9.70. The molecule has 1 saturated heterocycles. The summed E-state index contributed by atoms with van der Waals surface area (Å²) in [5.74, 6) is 0.285. The number of hydrogen-bond acceptors (Lipinski definition) is 3. The maximum absolute atomic E-state index is 12.2. The summed E-state index contributed by atoms with van der Waals surface area (Å²) in [5, 5.41) is 0. The molecular weight excluding hydrogens is 252 g/mol. The number of benzene rings is 1. The molecule has 1 heterocycles. The van der Waals surface area contributed by atoms with Crippen LogP contribution in [0.4, 0.5) is 0 Å². The van der Waals surface area contributed by atoms with Gasteiger partial charge in [0.15, 0.2) is 0 Å². The highest BCUT2D eigenvalue weighted by Gasteiger charge is 2.40. The third kappa shape index (κ3) is 2.75. The molecule has 1 aromatic rings. The van der Waals surface area contributed by atoms with Crippen LogP contribution in [0.15, 0.2) is 30.3 Å². The molecule has 0 radical (unpaired) electrons. The highest BCUT2D eigenvalue weighted by Crippen LogP contribution is 2.36.